The van der Waals surface area contributed by atoms with Crippen molar-refractivity contribution in [2.24, 2.45) is 0 Å². The van der Waals surface area contributed by atoms with Crippen LogP contribution in [0.5, 0.6) is 5.75 Å². The molecule has 0 spiro atoms. The molecule has 2 N–H and O–H groups in total. The summed E-state index contributed by atoms with van der Waals surface area (Å²) in [7, 11) is -3.36. The van der Waals surface area contributed by atoms with Crippen LogP contribution in [0.15, 0.2) is 29.2 Å². The molecule has 1 heterocycles. The lowest BCUT2D eigenvalue weighted by molar-refractivity contribution is 0.167. The zero-order valence-corrected chi connectivity index (χ0v) is 12.2. The summed E-state index contributed by atoms with van der Waals surface area (Å²) in [6.45, 7) is 1.90. The van der Waals surface area contributed by atoms with Crippen LogP contribution >= 0.6 is 0 Å². The molecular formula is C14H20N2O3S. The average molecular weight is 296 g/mol. The Bertz CT molecular complexity index is 546. The van der Waals surface area contributed by atoms with Gasteiger partial charge in [0.1, 0.15) is 11.9 Å². The molecule has 1 atom stereocenters. The first-order valence-electron chi connectivity index (χ1n) is 7.13. The molecule has 5 nitrogen and oxygen atoms in total. The topological polar surface area (TPSA) is 67.4 Å². The van der Waals surface area contributed by atoms with Crippen LogP contribution in [0.3, 0.4) is 0 Å². The minimum absolute atomic E-state index is 0.129. The molecule has 0 aromatic heterocycles. The highest BCUT2D eigenvalue weighted by Crippen LogP contribution is 2.23. The summed E-state index contributed by atoms with van der Waals surface area (Å²) in [4.78, 5) is 0.304. The second-order valence-electron chi connectivity index (χ2n) is 5.45. The molecule has 1 aromatic rings. The van der Waals surface area contributed by atoms with E-state index >= 15 is 0 Å². The number of nitrogens with one attached hydrogen (secondary N) is 2. The summed E-state index contributed by atoms with van der Waals surface area (Å²) in [5.74, 6) is 0.726. The van der Waals surface area contributed by atoms with Gasteiger partial charge in [0.2, 0.25) is 10.0 Å². The first kappa shape index (κ1) is 13.9. The van der Waals surface area contributed by atoms with Gasteiger partial charge in [-0.1, -0.05) is 0 Å². The van der Waals surface area contributed by atoms with E-state index in [0.717, 1.165) is 44.5 Å². The Labute approximate surface area is 119 Å². The van der Waals surface area contributed by atoms with Crippen molar-refractivity contribution in [2.45, 2.75) is 42.7 Å². The summed E-state index contributed by atoms with van der Waals surface area (Å²) in [6.07, 6.45) is 4.21. The lowest BCUT2D eigenvalue weighted by Gasteiger charge is -2.24. The number of rotatable bonds is 5. The van der Waals surface area contributed by atoms with Crippen molar-refractivity contribution in [1.29, 1.82) is 0 Å². The zero-order valence-electron chi connectivity index (χ0n) is 11.3. The molecule has 1 aromatic carbocycles. The van der Waals surface area contributed by atoms with Crippen LogP contribution in [0, 0.1) is 0 Å². The second kappa shape index (κ2) is 5.71. The van der Waals surface area contributed by atoms with Crippen molar-refractivity contribution < 1.29 is 13.2 Å². The molecule has 1 saturated carbocycles. The summed E-state index contributed by atoms with van der Waals surface area (Å²) in [5.41, 5.74) is 0. The molecule has 1 unspecified atom stereocenters. The van der Waals surface area contributed by atoms with Crippen LogP contribution in [0.4, 0.5) is 0 Å². The van der Waals surface area contributed by atoms with Gasteiger partial charge < -0.3 is 10.1 Å². The van der Waals surface area contributed by atoms with Crippen molar-refractivity contribution in [3.05, 3.63) is 24.3 Å². The molecule has 1 aliphatic heterocycles. The van der Waals surface area contributed by atoms with Gasteiger partial charge in [0, 0.05) is 12.6 Å². The molecule has 6 heteroatoms. The maximum atomic E-state index is 12.0. The van der Waals surface area contributed by atoms with Gasteiger partial charge in [-0.15, -0.1) is 0 Å². The van der Waals surface area contributed by atoms with Gasteiger partial charge in [-0.25, -0.2) is 13.1 Å². The molecule has 1 saturated heterocycles. The first-order valence-corrected chi connectivity index (χ1v) is 8.61. The Hall–Kier alpha value is -1.11. The van der Waals surface area contributed by atoms with Gasteiger partial charge in [0.15, 0.2) is 0 Å². The fourth-order valence-corrected chi connectivity index (χ4v) is 3.60. The quantitative estimate of drug-likeness (QED) is 0.858. The maximum absolute atomic E-state index is 12.0. The number of piperidine rings is 1. The Balaban J connectivity index is 1.64. The van der Waals surface area contributed by atoms with Crippen LogP contribution in [-0.4, -0.2) is 33.7 Å². The van der Waals surface area contributed by atoms with E-state index in [1.165, 1.54) is 0 Å². The predicted octanol–water partition coefficient (Wildman–Crippen LogP) is 1.26. The molecule has 2 aliphatic rings. The van der Waals surface area contributed by atoms with Crippen LogP contribution in [0.1, 0.15) is 25.7 Å². The number of hydrogen-bond acceptors (Lipinski definition) is 4. The Morgan fingerprint density at radius 3 is 2.50 bits per heavy atom. The van der Waals surface area contributed by atoms with Gasteiger partial charge in [-0.05, 0) is 56.5 Å². The third kappa shape index (κ3) is 3.50. The highest BCUT2D eigenvalue weighted by molar-refractivity contribution is 7.89. The Kier molecular flexibility index (Phi) is 3.96. The lowest BCUT2D eigenvalue weighted by Crippen LogP contribution is -2.37. The van der Waals surface area contributed by atoms with E-state index in [1.54, 1.807) is 24.3 Å². The van der Waals surface area contributed by atoms with E-state index in [2.05, 4.69) is 10.0 Å². The van der Waals surface area contributed by atoms with Crippen LogP contribution < -0.4 is 14.8 Å². The largest absolute Gasteiger partial charge is 0.489 e. The fourth-order valence-electron chi connectivity index (χ4n) is 2.30. The standard InChI is InChI=1S/C14H20N2O3S/c17-20(18,16-11-3-4-11)14-7-5-12(6-8-14)19-13-2-1-9-15-10-13/h5-8,11,13,15-16H,1-4,9-10H2. The number of hydrogen-bond donors (Lipinski definition) is 2. The number of ether oxygens (including phenoxy) is 1. The average Bonchev–Trinajstić information content (AvgIpc) is 3.24. The molecule has 1 aliphatic carbocycles. The monoisotopic (exact) mass is 296 g/mol. The summed E-state index contributed by atoms with van der Waals surface area (Å²) < 4.78 is 32.6. The lowest BCUT2D eigenvalue weighted by atomic mass is 10.1. The fraction of sp³-hybridized carbons (Fsp3) is 0.571. The van der Waals surface area contributed by atoms with Gasteiger partial charge in [0.05, 0.1) is 4.90 Å². The van der Waals surface area contributed by atoms with Crippen LogP contribution in [0.2, 0.25) is 0 Å². The van der Waals surface area contributed by atoms with Crippen molar-refractivity contribution >= 4 is 10.0 Å². The SMILES string of the molecule is O=S(=O)(NC1CC1)c1ccc(OC2CCCNC2)cc1. The van der Waals surface area contributed by atoms with Crippen LogP contribution in [-0.2, 0) is 10.0 Å². The van der Waals surface area contributed by atoms with E-state index < -0.39 is 10.0 Å². The third-order valence-corrected chi connectivity index (χ3v) is 5.12. The van der Waals surface area contributed by atoms with E-state index in [-0.39, 0.29) is 12.1 Å². The Morgan fingerprint density at radius 1 is 1.15 bits per heavy atom. The van der Waals surface area contributed by atoms with Crippen LogP contribution in [0.25, 0.3) is 0 Å². The van der Waals surface area contributed by atoms with Gasteiger partial charge in [-0.2, -0.15) is 0 Å². The molecule has 20 heavy (non-hydrogen) atoms. The van der Waals surface area contributed by atoms with E-state index in [0.29, 0.717) is 4.90 Å². The zero-order chi connectivity index (χ0) is 14.0. The molecule has 2 fully saturated rings. The summed E-state index contributed by atoms with van der Waals surface area (Å²) in [5, 5.41) is 3.29. The number of sulfonamides is 1. The maximum Gasteiger partial charge on any atom is 0.240 e. The van der Waals surface area contributed by atoms with Crippen molar-refractivity contribution in [2.75, 3.05) is 13.1 Å². The normalized spacial score (nSPS) is 23.5. The molecule has 0 radical (unpaired) electrons. The highest BCUT2D eigenvalue weighted by atomic mass is 32.2. The molecule has 110 valence electrons. The molecule has 0 amide bonds. The molecule has 0 bridgehead atoms. The van der Waals surface area contributed by atoms with Crippen molar-refractivity contribution in [3.63, 3.8) is 0 Å². The second-order valence-corrected chi connectivity index (χ2v) is 7.17. The summed E-state index contributed by atoms with van der Waals surface area (Å²) >= 11 is 0. The van der Waals surface area contributed by atoms with Crippen molar-refractivity contribution in [3.8, 4) is 5.75 Å². The first-order chi connectivity index (χ1) is 9.63. The van der Waals surface area contributed by atoms with Gasteiger partial charge >= 0.3 is 0 Å². The number of benzene rings is 1. The third-order valence-electron chi connectivity index (χ3n) is 3.59. The molecule has 3 rings (SSSR count). The predicted molar refractivity (Wildman–Crippen MR) is 76.3 cm³/mol. The summed E-state index contributed by atoms with van der Waals surface area (Å²) in [6, 6.07) is 6.81. The van der Waals surface area contributed by atoms with Gasteiger partial charge in [0.25, 0.3) is 0 Å². The van der Waals surface area contributed by atoms with E-state index in [9.17, 15) is 8.42 Å². The highest BCUT2D eigenvalue weighted by Gasteiger charge is 2.27. The van der Waals surface area contributed by atoms with Crippen molar-refractivity contribution in [1.82, 2.24) is 10.0 Å². The minimum atomic E-state index is -3.36. The minimum Gasteiger partial charge on any atom is -0.489 e. The van der Waals surface area contributed by atoms with Gasteiger partial charge in [-0.3, -0.25) is 0 Å². The smallest absolute Gasteiger partial charge is 0.240 e. The van der Waals surface area contributed by atoms with E-state index in [1.807, 2.05) is 0 Å². The molecular weight excluding hydrogens is 276 g/mol. The Morgan fingerprint density at radius 2 is 1.90 bits per heavy atom. The van der Waals surface area contributed by atoms with E-state index in [4.69, 9.17) is 4.74 Å².